The van der Waals surface area contributed by atoms with Gasteiger partial charge in [0.15, 0.2) is 5.92 Å². The molecule has 18 rings (SSSR count). The summed E-state index contributed by atoms with van der Waals surface area (Å²) in [4.78, 5) is 133. The molecule has 11 atom stereocenters. The summed E-state index contributed by atoms with van der Waals surface area (Å²) in [6.45, 7) is 1.63. The third-order valence-corrected chi connectivity index (χ3v) is 24.5. The maximum absolute atomic E-state index is 20.1. The van der Waals surface area contributed by atoms with Crippen LogP contribution in [-0.2, 0) is 50.0 Å². The number of aryl methyl sites for hydroxylation is 1. The molecule has 11 unspecified atom stereocenters. The zero-order chi connectivity index (χ0) is 77.0. The van der Waals surface area contributed by atoms with E-state index in [1.54, 1.807) is 45.0 Å². The highest BCUT2D eigenvalue weighted by Crippen LogP contribution is 2.70. The number of quaternary nitrogens is 2. The summed E-state index contributed by atoms with van der Waals surface area (Å²) >= 11 is 0. The first kappa shape index (κ1) is 71.3. The molecule has 15 heteroatoms. The Kier molecular flexibility index (Phi) is 18.4. The molecule has 1 fully saturated rings. The van der Waals surface area contributed by atoms with Crippen LogP contribution in [0.3, 0.4) is 0 Å². The Morgan fingerprint density at radius 1 is 0.637 bits per heavy atom. The lowest BCUT2D eigenvalue weighted by molar-refractivity contribution is -0.855. The van der Waals surface area contributed by atoms with Crippen LogP contribution in [0.1, 0.15) is 56.1 Å². The minimum atomic E-state index is -2.77. The second-order valence-corrected chi connectivity index (χ2v) is 30.3. The molecule has 5 aliphatic heterocycles. The van der Waals surface area contributed by atoms with E-state index in [0.29, 0.717) is 75.4 Å². The number of amides is 7. The number of nitrogens with zero attached hydrogens (tertiary/aromatic N) is 6. The van der Waals surface area contributed by atoms with Gasteiger partial charge in [0.2, 0.25) is 11.7 Å². The second-order valence-electron chi connectivity index (χ2n) is 30.3. The van der Waals surface area contributed by atoms with Gasteiger partial charge < -0.3 is 15.5 Å². The summed E-state index contributed by atoms with van der Waals surface area (Å²) in [6.07, 6.45) is 41.1. The number of allylic oxidation sites excluding steroid dienone is 16. The van der Waals surface area contributed by atoms with Crippen LogP contribution in [0.2, 0.25) is 0 Å². The van der Waals surface area contributed by atoms with Crippen LogP contribution >= 0.6 is 0 Å². The topological polar surface area (TPSA) is 156 Å². The molecule has 10 aliphatic rings. The van der Waals surface area contributed by atoms with Crippen molar-refractivity contribution < 1.29 is 42.5 Å². The number of urea groups is 1. The number of benzene rings is 8. The van der Waals surface area contributed by atoms with Gasteiger partial charge in [0.1, 0.15) is 18.2 Å². The van der Waals surface area contributed by atoms with Crippen LogP contribution in [0.15, 0.2) is 380 Å². The number of para-hydroxylation sites is 4. The Hall–Kier alpha value is -13.3. The first-order chi connectivity index (χ1) is 55.5. The number of carbonyl (C=O) groups excluding carboxylic acids is 7. The Morgan fingerprint density at radius 2 is 1.27 bits per heavy atom. The monoisotopic (exact) mass is 1480 g/mol. The van der Waals surface area contributed by atoms with Crippen molar-refractivity contribution in [2.24, 2.45) is 17.8 Å². The number of nitrogens with one attached hydrogen (secondary N) is 2. The molecule has 554 valence electrons. The number of hydrogen-bond donors (Lipinski definition) is 2. The third kappa shape index (κ3) is 11.3. The van der Waals surface area contributed by atoms with E-state index in [0.717, 1.165) is 22.3 Å². The quantitative estimate of drug-likeness (QED) is 0.0298. The number of fused-ring (bicyclic) bond motifs is 8. The molecule has 15 nitrogen and oxygen atoms in total. The zero-order valence-corrected chi connectivity index (χ0v) is 62.3. The number of carbonyl (C=O) groups is 6. The maximum atomic E-state index is 20.1. The van der Waals surface area contributed by atoms with Crippen molar-refractivity contribution in [3.63, 3.8) is 0 Å². The van der Waals surface area contributed by atoms with Crippen LogP contribution in [0.4, 0.5) is 33.2 Å². The standard InChI is InChI=1S/C98H82N8O7/c1-67-31-29-54-87(89(67)92(109)103(75-41-13-5-14-42-75)76-43-15-6-16-44-76)102(64-70-36-11-4-12-37-70)94(111)97(82-50-24-18-39-72(82)56-57-83(97)78-49-30-59-99-85-52-26-21-46-79(78)85)106(66-108,96(113)101(62-68-32-7-2-8-33-68)63-69-34-9-3-10-35-69)98-90(81-48-22-27-53-86(81)104(98)95(98)112)93(110)105(91-74(65-107)61-73-40-19-25-51-84(73)100-91)60-58-71-38-17-20-45-77(71)80-47-23-28-55-88(80)105/h2-44,46-58,60,66,78-79,82,85,88,90-91,99-100H,45,59,61-64H2,1H3/q+2. The summed E-state index contributed by atoms with van der Waals surface area (Å²) in [5.74, 6) is -5.04. The Labute approximate surface area is 657 Å². The highest BCUT2D eigenvalue weighted by Gasteiger charge is 2.95. The van der Waals surface area contributed by atoms with Crippen LogP contribution in [0.25, 0.3) is 0 Å². The molecule has 0 bridgehead atoms. The van der Waals surface area contributed by atoms with Gasteiger partial charge in [0.05, 0.1) is 48.1 Å². The lowest BCUT2D eigenvalue weighted by atomic mass is 9.59. The van der Waals surface area contributed by atoms with Crippen molar-refractivity contribution in [3.05, 3.63) is 418 Å². The fourth-order valence-corrected chi connectivity index (χ4v) is 19.5. The van der Waals surface area contributed by atoms with Crippen LogP contribution < -0.4 is 25.3 Å². The maximum Gasteiger partial charge on any atom is 0.430 e. The Bertz CT molecular complexity index is 5640. The fraction of sp³-hybridized carbons (Fsp3) is 0.163. The fourth-order valence-electron chi connectivity index (χ4n) is 19.5. The molecule has 5 heterocycles. The normalized spacial score (nSPS) is 25.3. The van der Waals surface area contributed by atoms with E-state index in [1.165, 1.54) is 4.90 Å². The predicted molar refractivity (Wildman–Crippen MR) is 440 cm³/mol. The highest BCUT2D eigenvalue weighted by molar-refractivity contribution is 6.27. The number of rotatable bonds is 17. The molecule has 1 saturated heterocycles. The van der Waals surface area contributed by atoms with Crippen LogP contribution in [0, 0.1) is 24.7 Å². The molecule has 0 spiro atoms. The van der Waals surface area contributed by atoms with Gasteiger partial charge in [-0.3, -0.25) is 24.2 Å². The van der Waals surface area contributed by atoms with Crippen molar-refractivity contribution >= 4 is 70.4 Å². The summed E-state index contributed by atoms with van der Waals surface area (Å²) in [7, 11) is 0. The third-order valence-electron chi connectivity index (χ3n) is 24.5. The largest absolute Gasteiger partial charge is 0.430 e. The van der Waals surface area contributed by atoms with E-state index in [4.69, 9.17) is 0 Å². The van der Waals surface area contributed by atoms with Gasteiger partial charge in [-0.05, 0) is 112 Å². The Morgan fingerprint density at radius 3 is 1.98 bits per heavy atom. The number of hydrogen-bond acceptors (Lipinski definition) is 9. The van der Waals surface area contributed by atoms with Crippen LogP contribution in [-0.4, -0.2) is 91.9 Å². The van der Waals surface area contributed by atoms with Crippen molar-refractivity contribution in [2.75, 3.05) is 26.6 Å². The molecule has 2 N–H and O–H groups in total. The predicted octanol–water partition coefficient (Wildman–Crippen LogP) is 16.7. The van der Waals surface area contributed by atoms with E-state index in [9.17, 15) is 4.79 Å². The molecule has 0 aromatic heterocycles. The van der Waals surface area contributed by atoms with E-state index in [2.05, 4.69) is 40.9 Å². The Balaban J connectivity index is 0.996. The first-order valence-electron chi connectivity index (χ1n) is 38.7. The van der Waals surface area contributed by atoms with Gasteiger partial charge in [-0.2, -0.15) is 0 Å². The molecule has 0 saturated carbocycles. The van der Waals surface area contributed by atoms with Crippen molar-refractivity contribution in [2.45, 2.75) is 74.8 Å². The molecule has 8 aromatic rings. The molecule has 5 aliphatic carbocycles. The summed E-state index contributed by atoms with van der Waals surface area (Å²) in [6, 6.07) is 64.9. The van der Waals surface area contributed by atoms with Crippen molar-refractivity contribution in [1.82, 2.24) is 10.2 Å². The molecule has 113 heavy (non-hydrogen) atoms. The minimum Gasteiger partial charge on any atom is -0.331 e. The van der Waals surface area contributed by atoms with E-state index in [-0.39, 0.29) is 48.6 Å². The van der Waals surface area contributed by atoms with E-state index in [1.807, 2.05) is 298 Å². The van der Waals surface area contributed by atoms with Gasteiger partial charge in [-0.1, -0.05) is 285 Å². The molecular formula is C98H82N8O7+2. The van der Waals surface area contributed by atoms with Gasteiger partial charge in [-0.15, -0.1) is 4.48 Å². The number of anilines is 5. The molecule has 8 aromatic carbocycles. The van der Waals surface area contributed by atoms with Gasteiger partial charge >= 0.3 is 24.3 Å². The molecule has 0 radical (unpaired) electrons. The average Bonchev–Trinajstić information content (AvgIpc) is 1.44. The zero-order valence-electron chi connectivity index (χ0n) is 62.3. The summed E-state index contributed by atoms with van der Waals surface area (Å²) in [5.41, 5.74) is 3.83. The average molecular weight is 1480 g/mol. The second kappa shape index (κ2) is 29.2. The molecular weight excluding hydrogens is 1400 g/mol. The summed E-state index contributed by atoms with van der Waals surface area (Å²) < 4.78 is -2.48. The van der Waals surface area contributed by atoms with Crippen molar-refractivity contribution in [1.29, 1.82) is 0 Å². The smallest absolute Gasteiger partial charge is 0.331 e. The highest BCUT2D eigenvalue weighted by atomic mass is 16.2. The number of imide groups is 1. The SMILES string of the molecule is Cc1cccc(N(Cc2ccccc2)C(=O)C2([N+](C=O)(C(=O)N(Cc3ccccc3)Cc3ccccc3)C34C(=O)N3c3ccccc3C4C(=O)[N+]3(C4Nc5ccccc5CC4=C=O)C=CC4=CC=CCC4=C4C=CC=CC43)C(C3C=CCNC4C=CC=CC43)=CC=C3C=CC=CC32)c1C(=O)N(c1ccccc1)c1ccccc1. The van der Waals surface area contributed by atoms with E-state index >= 15 is 28.8 Å². The lowest BCUT2D eigenvalue weighted by Gasteiger charge is -2.57. The first-order valence-corrected chi connectivity index (χ1v) is 38.7. The van der Waals surface area contributed by atoms with E-state index < -0.39 is 91.7 Å². The summed E-state index contributed by atoms with van der Waals surface area (Å²) in [5, 5.41) is 7.53. The molecule has 7 amide bonds. The minimum absolute atomic E-state index is 0.0895. The van der Waals surface area contributed by atoms with Crippen LogP contribution in [0.5, 0.6) is 0 Å². The lowest BCUT2D eigenvalue weighted by Crippen LogP contribution is -2.84. The van der Waals surface area contributed by atoms with Gasteiger partial charge in [-0.25, -0.2) is 28.6 Å². The van der Waals surface area contributed by atoms with Gasteiger partial charge in [0.25, 0.3) is 17.5 Å². The van der Waals surface area contributed by atoms with Gasteiger partial charge in [0, 0.05) is 64.6 Å². The van der Waals surface area contributed by atoms with Crippen molar-refractivity contribution in [3.8, 4) is 0 Å².